The molecule has 21 heavy (non-hydrogen) atoms. The van der Waals surface area contributed by atoms with Crippen LogP contribution in [0.25, 0.3) is 11.5 Å². The van der Waals surface area contributed by atoms with Crippen LogP contribution < -0.4 is 5.32 Å². The van der Waals surface area contributed by atoms with E-state index in [0.29, 0.717) is 35.4 Å². The molecule has 1 saturated carbocycles. The molecule has 2 aromatic rings. The number of nitrogens with zero attached hydrogens (tertiary/aromatic N) is 3. The Morgan fingerprint density at radius 2 is 2.24 bits per heavy atom. The molecule has 0 spiro atoms. The molecule has 1 aromatic carbocycles. The fourth-order valence-corrected chi connectivity index (χ4v) is 2.08. The number of nitro groups is 1. The minimum atomic E-state index is -0.407. The van der Waals surface area contributed by atoms with Gasteiger partial charge in [-0.2, -0.15) is 0 Å². The van der Waals surface area contributed by atoms with Crippen LogP contribution in [0.3, 0.4) is 0 Å². The van der Waals surface area contributed by atoms with Gasteiger partial charge in [0.25, 0.3) is 5.69 Å². The first-order chi connectivity index (χ1) is 10.1. The Labute approximate surface area is 121 Å². The second-order valence-corrected chi connectivity index (χ2v) is 5.24. The Morgan fingerprint density at radius 1 is 1.43 bits per heavy atom. The maximum Gasteiger partial charge on any atom is 0.273 e. The molecule has 3 rings (SSSR count). The molecule has 0 aliphatic heterocycles. The van der Waals surface area contributed by atoms with Crippen molar-refractivity contribution in [3.05, 3.63) is 39.8 Å². The van der Waals surface area contributed by atoms with E-state index < -0.39 is 4.92 Å². The second-order valence-electron chi connectivity index (χ2n) is 5.24. The van der Waals surface area contributed by atoms with Gasteiger partial charge < -0.3 is 9.73 Å². The number of benzene rings is 1. The van der Waals surface area contributed by atoms with E-state index >= 15 is 0 Å². The summed E-state index contributed by atoms with van der Waals surface area (Å²) < 4.78 is 5.56. The highest BCUT2D eigenvalue weighted by Gasteiger charge is 2.20. The topological polar surface area (TPSA) is 94.1 Å². The zero-order valence-electron chi connectivity index (χ0n) is 11.7. The van der Waals surface area contributed by atoms with E-state index in [1.54, 1.807) is 19.1 Å². The molecule has 1 fully saturated rings. The molecule has 0 saturated heterocycles. The van der Waals surface area contributed by atoms with Crippen LogP contribution in [0.5, 0.6) is 0 Å². The van der Waals surface area contributed by atoms with E-state index in [1.165, 1.54) is 18.9 Å². The molecule has 0 radical (unpaired) electrons. The molecule has 0 atom stereocenters. The van der Waals surface area contributed by atoms with E-state index in [4.69, 9.17) is 4.42 Å². The summed E-state index contributed by atoms with van der Waals surface area (Å²) in [6.07, 6.45) is 3.14. The molecule has 1 heterocycles. The number of hydrogen-bond donors (Lipinski definition) is 1. The number of aryl methyl sites for hydroxylation is 1. The Morgan fingerprint density at radius 3 is 2.95 bits per heavy atom. The van der Waals surface area contributed by atoms with Crippen LogP contribution >= 0.6 is 0 Å². The van der Waals surface area contributed by atoms with Crippen LogP contribution in [0.4, 0.5) is 5.69 Å². The summed E-state index contributed by atoms with van der Waals surface area (Å²) in [6.45, 7) is 2.51. The van der Waals surface area contributed by atoms with Gasteiger partial charge in [-0.3, -0.25) is 10.1 Å². The van der Waals surface area contributed by atoms with Crippen molar-refractivity contribution in [2.24, 2.45) is 0 Å². The number of nitrogens with one attached hydrogen (secondary N) is 1. The fourth-order valence-electron chi connectivity index (χ4n) is 2.08. The molecule has 1 aliphatic rings. The molecule has 7 nitrogen and oxygen atoms in total. The average molecular weight is 288 g/mol. The third kappa shape index (κ3) is 3.25. The zero-order chi connectivity index (χ0) is 14.8. The summed E-state index contributed by atoms with van der Waals surface area (Å²) in [7, 11) is 0. The molecular formula is C14H16N4O3. The van der Waals surface area contributed by atoms with Crippen molar-refractivity contribution in [1.29, 1.82) is 0 Å². The van der Waals surface area contributed by atoms with Gasteiger partial charge in [0, 0.05) is 36.2 Å². The first-order valence-corrected chi connectivity index (χ1v) is 6.94. The summed E-state index contributed by atoms with van der Waals surface area (Å²) in [6, 6.07) is 5.55. The fraction of sp³-hybridized carbons (Fsp3) is 0.429. The van der Waals surface area contributed by atoms with Gasteiger partial charge in [0.05, 0.1) is 4.92 Å². The first-order valence-electron chi connectivity index (χ1n) is 6.94. The number of aromatic nitrogens is 2. The Hall–Kier alpha value is -2.28. The van der Waals surface area contributed by atoms with Gasteiger partial charge in [-0.1, -0.05) is 6.07 Å². The molecule has 1 N–H and O–H groups in total. The predicted octanol–water partition coefficient (Wildman–Crippen LogP) is 2.25. The highest BCUT2D eigenvalue weighted by atomic mass is 16.6. The molecule has 0 bridgehead atoms. The summed E-state index contributed by atoms with van der Waals surface area (Å²) >= 11 is 0. The minimum Gasteiger partial charge on any atom is -0.421 e. The van der Waals surface area contributed by atoms with Crippen LogP contribution in [0.15, 0.2) is 22.6 Å². The molecule has 7 heteroatoms. The van der Waals surface area contributed by atoms with Crippen molar-refractivity contribution < 1.29 is 9.34 Å². The molecule has 0 unspecified atom stereocenters. The lowest BCUT2D eigenvalue weighted by atomic mass is 10.1. The van der Waals surface area contributed by atoms with Crippen LogP contribution in [-0.2, 0) is 6.42 Å². The molecule has 1 aromatic heterocycles. The van der Waals surface area contributed by atoms with E-state index in [1.807, 2.05) is 0 Å². The van der Waals surface area contributed by atoms with E-state index in [-0.39, 0.29) is 5.69 Å². The minimum absolute atomic E-state index is 0.0580. The first kappa shape index (κ1) is 13.7. The molecule has 1 aliphatic carbocycles. The lowest BCUT2D eigenvalue weighted by Gasteiger charge is -1.99. The lowest BCUT2D eigenvalue weighted by molar-refractivity contribution is -0.385. The number of rotatable bonds is 6. The van der Waals surface area contributed by atoms with Crippen molar-refractivity contribution in [2.45, 2.75) is 32.2 Å². The van der Waals surface area contributed by atoms with Crippen molar-refractivity contribution in [2.75, 3.05) is 6.54 Å². The highest BCUT2D eigenvalue weighted by Crippen LogP contribution is 2.26. The van der Waals surface area contributed by atoms with Crippen LogP contribution in [0, 0.1) is 17.0 Å². The van der Waals surface area contributed by atoms with Gasteiger partial charge >= 0.3 is 0 Å². The third-order valence-electron chi connectivity index (χ3n) is 3.47. The number of hydrogen-bond acceptors (Lipinski definition) is 6. The van der Waals surface area contributed by atoms with E-state index in [9.17, 15) is 10.1 Å². The van der Waals surface area contributed by atoms with Gasteiger partial charge in [0.1, 0.15) is 0 Å². The average Bonchev–Trinajstić information content (AvgIpc) is 3.16. The molecule has 0 amide bonds. The lowest BCUT2D eigenvalue weighted by Crippen LogP contribution is -2.19. The summed E-state index contributed by atoms with van der Waals surface area (Å²) in [5, 5.41) is 22.3. The van der Waals surface area contributed by atoms with Gasteiger partial charge in [-0.15, -0.1) is 10.2 Å². The number of nitro benzene ring substituents is 1. The predicted molar refractivity (Wildman–Crippen MR) is 75.9 cm³/mol. The summed E-state index contributed by atoms with van der Waals surface area (Å²) in [4.78, 5) is 10.5. The quantitative estimate of drug-likeness (QED) is 0.647. The van der Waals surface area contributed by atoms with E-state index in [0.717, 1.165) is 6.54 Å². The molecular weight excluding hydrogens is 272 g/mol. The van der Waals surface area contributed by atoms with Crippen LogP contribution in [0.1, 0.15) is 24.3 Å². The maximum atomic E-state index is 11.0. The van der Waals surface area contributed by atoms with Crippen molar-refractivity contribution in [1.82, 2.24) is 15.5 Å². The van der Waals surface area contributed by atoms with Crippen LogP contribution in [0.2, 0.25) is 0 Å². The second kappa shape index (κ2) is 5.61. The van der Waals surface area contributed by atoms with Crippen LogP contribution in [-0.4, -0.2) is 27.7 Å². The summed E-state index contributed by atoms with van der Waals surface area (Å²) in [5.41, 5.74) is 1.24. The summed E-state index contributed by atoms with van der Waals surface area (Å²) in [5.74, 6) is 0.862. The highest BCUT2D eigenvalue weighted by molar-refractivity contribution is 5.59. The van der Waals surface area contributed by atoms with Gasteiger partial charge in [0.2, 0.25) is 11.8 Å². The van der Waals surface area contributed by atoms with Gasteiger partial charge in [0.15, 0.2) is 0 Å². The monoisotopic (exact) mass is 288 g/mol. The van der Waals surface area contributed by atoms with Crippen molar-refractivity contribution in [3.8, 4) is 11.5 Å². The van der Waals surface area contributed by atoms with Gasteiger partial charge in [-0.05, 0) is 25.8 Å². The Balaban J connectivity index is 1.72. The van der Waals surface area contributed by atoms with Crippen molar-refractivity contribution >= 4 is 5.69 Å². The normalized spacial score (nSPS) is 14.3. The zero-order valence-corrected chi connectivity index (χ0v) is 11.7. The SMILES string of the molecule is Cc1ccc(-c2nnc(CCNC3CC3)o2)cc1[N+](=O)[O-]. The Bertz CT molecular complexity index is 664. The van der Waals surface area contributed by atoms with E-state index in [2.05, 4.69) is 15.5 Å². The van der Waals surface area contributed by atoms with Crippen molar-refractivity contribution in [3.63, 3.8) is 0 Å². The third-order valence-corrected chi connectivity index (χ3v) is 3.47. The van der Waals surface area contributed by atoms with Gasteiger partial charge in [-0.25, -0.2) is 0 Å². The maximum absolute atomic E-state index is 11.0. The standard InChI is InChI=1S/C14H16N4O3/c1-9-2-3-10(8-12(9)18(19)20)14-17-16-13(21-14)6-7-15-11-4-5-11/h2-3,8,11,15H,4-7H2,1H3. The largest absolute Gasteiger partial charge is 0.421 e. The molecule has 110 valence electrons. The Kier molecular flexibility index (Phi) is 3.66. The smallest absolute Gasteiger partial charge is 0.273 e.